The van der Waals surface area contributed by atoms with E-state index in [4.69, 9.17) is 14.7 Å². The number of benzene rings is 2. The van der Waals surface area contributed by atoms with Gasteiger partial charge in [-0.1, -0.05) is 13.0 Å². The van der Waals surface area contributed by atoms with E-state index in [1.807, 2.05) is 6.07 Å². The van der Waals surface area contributed by atoms with Crippen molar-refractivity contribution in [1.82, 2.24) is 4.98 Å². The Balaban J connectivity index is 1.95. The van der Waals surface area contributed by atoms with Crippen LogP contribution in [0.25, 0.3) is 10.9 Å². The molecule has 3 aromatic rings. The number of halogens is 5. The molecule has 2 aromatic carbocycles. The number of fused-ring (bicyclic) bond motifs is 1. The van der Waals surface area contributed by atoms with Crippen molar-refractivity contribution >= 4 is 10.9 Å². The summed E-state index contributed by atoms with van der Waals surface area (Å²) in [5, 5.41) is 9.25. The number of aromatic nitrogens is 1. The molecule has 0 amide bonds. The molecule has 0 radical (unpaired) electrons. The van der Waals surface area contributed by atoms with Gasteiger partial charge < -0.3 is 14.5 Å². The number of nitriles is 1. The molecule has 34 heavy (non-hydrogen) atoms. The molecule has 0 unspecified atom stereocenters. The molecule has 178 valence electrons. The molecule has 1 fully saturated rings. The Labute approximate surface area is 190 Å². The van der Waals surface area contributed by atoms with E-state index in [0.29, 0.717) is 0 Å². The zero-order chi connectivity index (χ0) is 25.0. The van der Waals surface area contributed by atoms with Gasteiger partial charge in [-0.25, -0.2) is 4.39 Å². The van der Waals surface area contributed by atoms with Crippen LogP contribution in [0, 0.1) is 28.9 Å². The predicted octanol–water partition coefficient (Wildman–Crippen LogP) is 5.50. The maximum absolute atomic E-state index is 14.5. The van der Waals surface area contributed by atoms with Crippen molar-refractivity contribution in [2.24, 2.45) is 5.92 Å². The third-order valence-electron chi connectivity index (χ3n) is 6.60. The first-order valence-corrected chi connectivity index (χ1v) is 10.3. The molecule has 1 aliphatic heterocycles. The Morgan fingerprint density at radius 3 is 2.50 bits per heavy atom. The lowest BCUT2D eigenvalue weighted by Gasteiger charge is -2.32. The topological polar surface area (TPSA) is 75.1 Å². The Morgan fingerprint density at radius 2 is 1.88 bits per heavy atom. The molecular weight excluding hydrogens is 459 g/mol. The number of ether oxygens (including phenoxy) is 2. The van der Waals surface area contributed by atoms with Gasteiger partial charge >= 0.3 is 6.18 Å². The average Bonchev–Trinajstić information content (AvgIpc) is 3.07. The van der Waals surface area contributed by atoms with Gasteiger partial charge in [0.1, 0.15) is 6.10 Å². The molecule has 4 rings (SSSR count). The lowest BCUT2D eigenvalue weighted by Crippen LogP contribution is -2.46. The van der Waals surface area contributed by atoms with E-state index in [1.165, 1.54) is 25.1 Å². The van der Waals surface area contributed by atoms with Crippen LogP contribution in [0.1, 0.15) is 42.7 Å². The van der Waals surface area contributed by atoms with Crippen LogP contribution in [0.2, 0.25) is 0 Å². The van der Waals surface area contributed by atoms with Crippen molar-refractivity contribution in [3.05, 3.63) is 75.1 Å². The number of H-pyrrole nitrogens is 1. The number of hydrogen-bond acceptors (Lipinski definition) is 4. The molecule has 1 aliphatic rings. The summed E-state index contributed by atoms with van der Waals surface area (Å²) in [5.41, 5.74) is -2.66. The van der Waals surface area contributed by atoms with Crippen molar-refractivity contribution in [3.63, 3.8) is 0 Å². The van der Waals surface area contributed by atoms with Crippen molar-refractivity contribution in [2.75, 3.05) is 7.11 Å². The minimum absolute atomic E-state index is 0.0207. The number of alkyl halides is 3. The van der Waals surface area contributed by atoms with E-state index in [0.717, 1.165) is 32.2 Å². The van der Waals surface area contributed by atoms with E-state index < -0.39 is 52.5 Å². The van der Waals surface area contributed by atoms with Crippen LogP contribution in [-0.2, 0) is 4.74 Å². The summed E-state index contributed by atoms with van der Waals surface area (Å²) in [4.78, 5) is 15.7. The van der Waals surface area contributed by atoms with Crippen LogP contribution >= 0.6 is 0 Å². The van der Waals surface area contributed by atoms with Crippen molar-refractivity contribution in [2.45, 2.75) is 37.6 Å². The summed E-state index contributed by atoms with van der Waals surface area (Å²) >= 11 is 0. The molecule has 5 nitrogen and oxygen atoms in total. The zero-order valence-corrected chi connectivity index (χ0v) is 18.3. The summed E-state index contributed by atoms with van der Waals surface area (Å²) < 4.78 is 81.3. The number of nitrogens with one attached hydrogen (secondary N) is 1. The molecule has 1 aromatic heterocycles. The highest BCUT2D eigenvalue weighted by Crippen LogP contribution is 2.59. The molecule has 1 N–H and O–H groups in total. The molecule has 0 spiro atoms. The molecular formula is C24H19F5N2O3. The van der Waals surface area contributed by atoms with Crippen LogP contribution < -0.4 is 10.2 Å². The highest BCUT2D eigenvalue weighted by molar-refractivity contribution is 5.80. The third kappa shape index (κ3) is 3.51. The molecule has 0 saturated carbocycles. The van der Waals surface area contributed by atoms with E-state index in [2.05, 4.69) is 4.98 Å². The summed E-state index contributed by atoms with van der Waals surface area (Å²) in [6, 6.07) is 9.28. The normalized spacial score (nSPS) is 24.9. The quantitative estimate of drug-likeness (QED) is 0.505. The first-order chi connectivity index (χ1) is 15.9. The maximum Gasteiger partial charge on any atom is 0.417 e. The summed E-state index contributed by atoms with van der Waals surface area (Å²) in [6.07, 6.45) is -6.17. The fourth-order valence-electron chi connectivity index (χ4n) is 4.57. The summed E-state index contributed by atoms with van der Waals surface area (Å²) in [6.45, 7) is 2.19. The summed E-state index contributed by atoms with van der Waals surface area (Å²) in [5.74, 6) is -5.49. The Hall–Kier alpha value is -3.45. The second-order valence-electron chi connectivity index (χ2n) is 8.40. The molecule has 0 aliphatic carbocycles. The van der Waals surface area contributed by atoms with Crippen molar-refractivity contribution in [3.8, 4) is 11.8 Å². The fourth-order valence-corrected chi connectivity index (χ4v) is 4.57. The zero-order valence-electron chi connectivity index (χ0n) is 18.3. The number of hydrogen-bond donors (Lipinski definition) is 1. The minimum Gasteiger partial charge on any atom is -0.493 e. The second-order valence-corrected chi connectivity index (χ2v) is 8.40. The van der Waals surface area contributed by atoms with Gasteiger partial charge in [-0.15, -0.1) is 0 Å². The minimum atomic E-state index is -4.80. The van der Waals surface area contributed by atoms with Gasteiger partial charge in [-0.05, 0) is 31.2 Å². The number of pyridine rings is 1. The van der Waals surface area contributed by atoms with Gasteiger partial charge in [0, 0.05) is 40.1 Å². The first-order valence-electron chi connectivity index (χ1n) is 10.3. The van der Waals surface area contributed by atoms with Crippen molar-refractivity contribution in [1.29, 1.82) is 5.26 Å². The molecule has 2 heterocycles. The molecule has 1 saturated heterocycles. The van der Waals surface area contributed by atoms with Gasteiger partial charge in [0.2, 0.25) is 5.82 Å². The number of nitrogens with zero attached hydrogens (tertiary/aromatic N) is 1. The Morgan fingerprint density at radius 1 is 1.18 bits per heavy atom. The number of methoxy groups -OCH3 is 1. The highest BCUT2D eigenvalue weighted by Gasteiger charge is 2.65. The van der Waals surface area contributed by atoms with Crippen LogP contribution in [0.4, 0.5) is 22.0 Å². The fraction of sp³-hybridized carbons (Fsp3) is 0.333. The van der Waals surface area contributed by atoms with Gasteiger partial charge in [0.15, 0.2) is 22.6 Å². The van der Waals surface area contributed by atoms with E-state index in [9.17, 15) is 26.7 Å². The molecule has 0 bridgehead atoms. The average molecular weight is 478 g/mol. The Kier molecular flexibility index (Phi) is 5.64. The van der Waals surface area contributed by atoms with Crippen LogP contribution in [0.3, 0.4) is 0 Å². The standard InChI is InChI=1S/C24H19F5N2O3/c1-11-19(13-5-6-15(25)20(26)21(13)33-3)22(34-23(11,2)24(27,28)29)17-9-18(32)14-8-12(10-30)4-7-16(14)31-17/h4-9,11,19,22H,1-3H3,(H,31,32)/t11-,19-,22-,23+/m0/s1. The lowest BCUT2D eigenvalue weighted by molar-refractivity contribution is -0.275. The Bertz CT molecular complexity index is 1380. The van der Waals surface area contributed by atoms with Gasteiger partial charge in [-0.3, -0.25) is 4.79 Å². The largest absolute Gasteiger partial charge is 0.493 e. The lowest BCUT2D eigenvalue weighted by atomic mass is 9.76. The first kappa shape index (κ1) is 23.7. The van der Waals surface area contributed by atoms with Crippen LogP contribution in [0.5, 0.6) is 5.75 Å². The molecule has 10 heteroatoms. The predicted molar refractivity (Wildman–Crippen MR) is 112 cm³/mol. The highest BCUT2D eigenvalue weighted by atomic mass is 19.4. The maximum atomic E-state index is 14.5. The van der Waals surface area contributed by atoms with Crippen LogP contribution in [0.15, 0.2) is 41.2 Å². The summed E-state index contributed by atoms with van der Waals surface area (Å²) in [7, 11) is 1.09. The smallest absolute Gasteiger partial charge is 0.417 e. The van der Waals surface area contributed by atoms with Crippen LogP contribution in [-0.4, -0.2) is 23.9 Å². The van der Waals surface area contributed by atoms with E-state index in [1.54, 1.807) is 0 Å². The van der Waals surface area contributed by atoms with Gasteiger partial charge in [0.05, 0.1) is 18.7 Å². The number of rotatable bonds is 3. The molecule has 4 atom stereocenters. The third-order valence-corrected chi connectivity index (χ3v) is 6.60. The van der Waals surface area contributed by atoms with Gasteiger partial charge in [-0.2, -0.15) is 22.8 Å². The second kappa shape index (κ2) is 8.09. The monoisotopic (exact) mass is 478 g/mol. The van der Waals surface area contributed by atoms with E-state index >= 15 is 0 Å². The van der Waals surface area contributed by atoms with E-state index in [-0.39, 0.29) is 27.7 Å². The number of aromatic amines is 1. The SMILES string of the molecule is COc1c([C@H]2[C@H](c3cc(=O)c4cc(C#N)ccc4[nH]3)O[C@@](C)(C(F)(F)F)[C@H]2C)ccc(F)c1F. The van der Waals surface area contributed by atoms with Gasteiger partial charge in [0.25, 0.3) is 0 Å². The van der Waals surface area contributed by atoms with Crippen molar-refractivity contribution < 1.29 is 31.4 Å².